The Hall–Kier alpha value is -0.630. The van der Waals surface area contributed by atoms with Crippen molar-refractivity contribution < 1.29 is 0 Å². The number of hydrogen-bond donors (Lipinski definition) is 1. The molecule has 2 unspecified atom stereocenters. The second kappa shape index (κ2) is 5.62. The van der Waals surface area contributed by atoms with E-state index in [-0.39, 0.29) is 0 Å². The minimum absolute atomic E-state index is 0.400. The van der Waals surface area contributed by atoms with Crippen molar-refractivity contribution in [2.24, 2.45) is 0 Å². The van der Waals surface area contributed by atoms with Gasteiger partial charge in [-0.1, -0.05) is 0 Å². The van der Waals surface area contributed by atoms with E-state index in [4.69, 9.17) is 5.26 Å². The summed E-state index contributed by atoms with van der Waals surface area (Å²) >= 11 is 0. The van der Waals surface area contributed by atoms with E-state index in [0.717, 1.165) is 32.6 Å². The molecule has 1 saturated heterocycles. The Morgan fingerprint density at radius 3 is 2.38 bits per heavy atom. The molecule has 92 valence electrons. The van der Waals surface area contributed by atoms with Gasteiger partial charge in [0.05, 0.1) is 6.07 Å². The molecule has 0 saturated carbocycles. The summed E-state index contributed by atoms with van der Waals surface area (Å²) in [5.74, 6) is 0. The monoisotopic (exact) mass is 224 g/mol. The lowest BCUT2D eigenvalue weighted by Crippen LogP contribution is -2.51. The fourth-order valence-electron chi connectivity index (χ4n) is 2.19. The predicted molar refractivity (Wildman–Crippen MR) is 66.2 cm³/mol. The molecule has 1 aliphatic heterocycles. The zero-order valence-corrected chi connectivity index (χ0v) is 11.0. The van der Waals surface area contributed by atoms with E-state index in [9.17, 15) is 0 Å². The summed E-state index contributed by atoms with van der Waals surface area (Å²) in [7, 11) is 4.02. The molecule has 16 heavy (non-hydrogen) atoms. The molecule has 0 amide bonds. The van der Waals surface area contributed by atoms with Gasteiger partial charge >= 0.3 is 0 Å². The molecule has 0 aromatic carbocycles. The van der Waals surface area contributed by atoms with Crippen molar-refractivity contribution in [1.82, 2.24) is 15.1 Å². The SMILES string of the molecule is CNC(C)(C#N)CC(C)N1CCN(C)CC1. The first kappa shape index (κ1) is 13.4. The molecule has 4 heteroatoms. The minimum atomic E-state index is -0.400. The van der Waals surface area contributed by atoms with Gasteiger partial charge in [-0.05, 0) is 34.4 Å². The van der Waals surface area contributed by atoms with Crippen LogP contribution < -0.4 is 5.32 Å². The number of hydrogen-bond acceptors (Lipinski definition) is 4. The summed E-state index contributed by atoms with van der Waals surface area (Å²) in [6, 6.07) is 2.82. The van der Waals surface area contributed by atoms with Crippen LogP contribution in [0.2, 0.25) is 0 Å². The van der Waals surface area contributed by atoms with Crippen LogP contribution >= 0.6 is 0 Å². The van der Waals surface area contributed by atoms with Crippen molar-refractivity contribution in [2.75, 3.05) is 40.3 Å². The Balaban J connectivity index is 2.46. The van der Waals surface area contributed by atoms with Crippen molar-refractivity contribution in [2.45, 2.75) is 31.8 Å². The van der Waals surface area contributed by atoms with Crippen molar-refractivity contribution in [3.8, 4) is 6.07 Å². The summed E-state index contributed by atoms with van der Waals surface area (Å²) < 4.78 is 0. The highest BCUT2D eigenvalue weighted by Crippen LogP contribution is 2.16. The van der Waals surface area contributed by atoms with Crippen molar-refractivity contribution in [1.29, 1.82) is 5.26 Å². The van der Waals surface area contributed by atoms with Crippen LogP contribution in [0.25, 0.3) is 0 Å². The lowest BCUT2D eigenvalue weighted by molar-refractivity contribution is 0.105. The lowest BCUT2D eigenvalue weighted by atomic mass is 9.94. The zero-order chi connectivity index (χ0) is 12.2. The van der Waals surface area contributed by atoms with Gasteiger partial charge in [-0.3, -0.25) is 4.90 Å². The number of nitrogens with one attached hydrogen (secondary N) is 1. The van der Waals surface area contributed by atoms with E-state index in [1.807, 2.05) is 14.0 Å². The van der Waals surface area contributed by atoms with Gasteiger partial charge in [0.2, 0.25) is 0 Å². The number of piperazine rings is 1. The summed E-state index contributed by atoms with van der Waals surface area (Å²) in [6.07, 6.45) is 0.879. The fraction of sp³-hybridized carbons (Fsp3) is 0.917. The first-order valence-electron chi connectivity index (χ1n) is 6.03. The van der Waals surface area contributed by atoms with E-state index in [1.54, 1.807) is 0 Å². The fourth-order valence-corrected chi connectivity index (χ4v) is 2.19. The van der Waals surface area contributed by atoms with Crippen LogP contribution in [0.1, 0.15) is 20.3 Å². The highest BCUT2D eigenvalue weighted by Gasteiger charge is 2.28. The number of nitriles is 1. The summed E-state index contributed by atoms with van der Waals surface area (Å²) in [6.45, 7) is 8.68. The van der Waals surface area contributed by atoms with E-state index in [1.165, 1.54) is 0 Å². The van der Waals surface area contributed by atoms with Gasteiger partial charge in [-0.15, -0.1) is 0 Å². The van der Waals surface area contributed by atoms with Crippen LogP contribution in [0.15, 0.2) is 0 Å². The van der Waals surface area contributed by atoms with Crippen LogP contribution in [0.4, 0.5) is 0 Å². The maximum atomic E-state index is 9.14. The number of likely N-dealkylation sites (N-methyl/N-ethyl adjacent to an activating group) is 1. The van der Waals surface area contributed by atoms with Gasteiger partial charge in [-0.2, -0.15) is 5.26 Å². The average molecular weight is 224 g/mol. The standard InChI is InChI=1S/C12H24N4/c1-11(9-12(2,10-13)14-3)16-7-5-15(4)6-8-16/h11,14H,5-9H2,1-4H3. The molecule has 2 atom stereocenters. The third kappa shape index (κ3) is 3.44. The smallest absolute Gasteiger partial charge is 0.105 e. The normalized spacial score (nSPS) is 24.7. The molecule has 1 aliphatic rings. The van der Waals surface area contributed by atoms with Crippen LogP contribution in [-0.4, -0.2) is 61.7 Å². The second-order valence-corrected chi connectivity index (χ2v) is 5.09. The van der Waals surface area contributed by atoms with Crippen LogP contribution in [0.3, 0.4) is 0 Å². The summed E-state index contributed by atoms with van der Waals surface area (Å²) in [5.41, 5.74) is -0.400. The summed E-state index contributed by atoms with van der Waals surface area (Å²) in [5, 5.41) is 12.2. The van der Waals surface area contributed by atoms with Gasteiger partial charge in [0, 0.05) is 32.2 Å². The van der Waals surface area contributed by atoms with Gasteiger partial charge in [-0.25, -0.2) is 0 Å². The molecule has 0 bridgehead atoms. The highest BCUT2D eigenvalue weighted by atomic mass is 15.3. The molecule has 0 aliphatic carbocycles. The molecule has 1 fully saturated rings. The maximum absolute atomic E-state index is 9.14. The van der Waals surface area contributed by atoms with Crippen molar-refractivity contribution >= 4 is 0 Å². The molecule has 0 spiro atoms. The molecular weight excluding hydrogens is 200 g/mol. The molecule has 1 N–H and O–H groups in total. The molecular formula is C12H24N4. The quantitative estimate of drug-likeness (QED) is 0.756. The average Bonchev–Trinajstić information content (AvgIpc) is 2.29. The number of nitrogens with zero attached hydrogens (tertiary/aromatic N) is 3. The Morgan fingerprint density at radius 2 is 1.94 bits per heavy atom. The lowest BCUT2D eigenvalue weighted by Gasteiger charge is -2.38. The van der Waals surface area contributed by atoms with Gasteiger partial charge in [0.15, 0.2) is 0 Å². The Bertz CT molecular complexity index is 252. The second-order valence-electron chi connectivity index (χ2n) is 5.09. The Morgan fingerprint density at radius 1 is 1.38 bits per heavy atom. The predicted octanol–water partition coefficient (Wildman–Crippen LogP) is 0.514. The first-order chi connectivity index (χ1) is 7.50. The van der Waals surface area contributed by atoms with Gasteiger partial charge < -0.3 is 10.2 Å². The number of rotatable bonds is 4. The third-order valence-electron chi connectivity index (χ3n) is 3.66. The first-order valence-corrected chi connectivity index (χ1v) is 6.03. The van der Waals surface area contributed by atoms with E-state index >= 15 is 0 Å². The van der Waals surface area contributed by atoms with Crippen molar-refractivity contribution in [3.05, 3.63) is 0 Å². The Kier molecular flexibility index (Phi) is 4.72. The molecule has 0 aromatic rings. The largest absolute Gasteiger partial charge is 0.304 e. The Labute approximate surface area is 99.2 Å². The van der Waals surface area contributed by atoms with Crippen LogP contribution in [0, 0.1) is 11.3 Å². The molecule has 4 nitrogen and oxygen atoms in total. The minimum Gasteiger partial charge on any atom is -0.304 e. The van der Waals surface area contributed by atoms with Crippen LogP contribution in [0.5, 0.6) is 0 Å². The topological polar surface area (TPSA) is 42.3 Å². The van der Waals surface area contributed by atoms with Crippen LogP contribution in [-0.2, 0) is 0 Å². The third-order valence-corrected chi connectivity index (χ3v) is 3.66. The highest BCUT2D eigenvalue weighted by molar-refractivity contribution is 5.04. The molecule has 1 rings (SSSR count). The van der Waals surface area contributed by atoms with E-state index in [0.29, 0.717) is 6.04 Å². The zero-order valence-electron chi connectivity index (χ0n) is 11.0. The van der Waals surface area contributed by atoms with Gasteiger partial charge in [0.1, 0.15) is 5.54 Å². The van der Waals surface area contributed by atoms with E-state index in [2.05, 4.69) is 35.2 Å². The molecule has 0 radical (unpaired) electrons. The molecule has 1 heterocycles. The van der Waals surface area contributed by atoms with Gasteiger partial charge in [0.25, 0.3) is 0 Å². The summed E-state index contributed by atoms with van der Waals surface area (Å²) in [4.78, 5) is 4.83. The van der Waals surface area contributed by atoms with Crippen molar-refractivity contribution in [3.63, 3.8) is 0 Å². The van der Waals surface area contributed by atoms with E-state index < -0.39 is 5.54 Å². The molecule has 0 aromatic heterocycles. The maximum Gasteiger partial charge on any atom is 0.105 e.